The first kappa shape index (κ1) is 14.3. The molecule has 1 fully saturated rings. The summed E-state index contributed by atoms with van der Waals surface area (Å²) in [6.45, 7) is 4.40. The molecule has 2 rings (SSSR count). The van der Waals surface area contributed by atoms with Gasteiger partial charge in [-0.15, -0.1) is 0 Å². The average molecular weight is 264 g/mol. The van der Waals surface area contributed by atoms with Crippen LogP contribution < -0.4 is 10.5 Å². The summed E-state index contributed by atoms with van der Waals surface area (Å²) in [6.07, 6.45) is 2.68. The van der Waals surface area contributed by atoms with Gasteiger partial charge in [-0.25, -0.2) is 0 Å². The van der Waals surface area contributed by atoms with Crippen molar-refractivity contribution in [3.05, 3.63) is 29.8 Å². The van der Waals surface area contributed by atoms with E-state index in [9.17, 15) is 0 Å². The van der Waals surface area contributed by atoms with Crippen LogP contribution in [0.3, 0.4) is 0 Å². The van der Waals surface area contributed by atoms with Gasteiger partial charge in [0, 0.05) is 38.9 Å². The van der Waals surface area contributed by atoms with Gasteiger partial charge in [0.25, 0.3) is 0 Å². The van der Waals surface area contributed by atoms with Crippen molar-refractivity contribution < 1.29 is 9.47 Å². The molecule has 0 spiro atoms. The van der Waals surface area contributed by atoms with Crippen molar-refractivity contribution in [3.8, 4) is 5.75 Å². The molecule has 0 atom stereocenters. The zero-order valence-corrected chi connectivity index (χ0v) is 11.7. The largest absolute Gasteiger partial charge is 0.492 e. The fraction of sp³-hybridized carbons (Fsp3) is 0.600. The van der Waals surface area contributed by atoms with E-state index in [4.69, 9.17) is 15.2 Å². The molecule has 4 nitrogen and oxygen atoms in total. The van der Waals surface area contributed by atoms with E-state index >= 15 is 0 Å². The third-order valence-corrected chi connectivity index (χ3v) is 3.73. The molecule has 0 bridgehead atoms. The summed E-state index contributed by atoms with van der Waals surface area (Å²) < 4.78 is 11.2. The maximum Gasteiger partial charge on any atom is 0.123 e. The Morgan fingerprint density at radius 3 is 2.68 bits per heavy atom. The Kier molecular flexibility index (Phi) is 5.63. The predicted octanol–water partition coefficient (Wildman–Crippen LogP) is 1.63. The molecule has 2 N–H and O–H groups in total. The number of nitrogens with two attached hydrogens (primary N) is 1. The van der Waals surface area contributed by atoms with Crippen LogP contribution in [0.2, 0.25) is 0 Å². The van der Waals surface area contributed by atoms with Crippen LogP contribution in [-0.2, 0) is 11.3 Å². The normalized spacial score (nSPS) is 17.6. The molecule has 1 aliphatic rings. The zero-order valence-electron chi connectivity index (χ0n) is 11.7. The van der Waals surface area contributed by atoms with Gasteiger partial charge in [-0.2, -0.15) is 0 Å². The van der Waals surface area contributed by atoms with E-state index in [1.807, 2.05) is 24.3 Å². The molecule has 19 heavy (non-hydrogen) atoms. The number of rotatable bonds is 6. The minimum absolute atomic E-state index is 0.440. The number of likely N-dealkylation sites (tertiary alicyclic amines) is 1. The average Bonchev–Trinajstić information content (AvgIpc) is 2.48. The smallest absolute Gasteiger partial charge is 0.123 e. The fourth-order valence-electron chi connectivity index (χ4n) is 2.47. The minimum Gasteiger partial charge on any atom is -0.492 e. The standard InChI is InChI=1S/C15H24N2O2/c1-18-14-6-8-17(9-7-14)10-11-19-15-5-3-2-4-13(15)12-16/h2-5,14H,6-12,16H2,1H3. The van der Waals surface area contributed by atoms with Crippen molar-refractivity contribution >= 4 is 0 Å². The maximum atomic E-state index is 5.83. The summed E-state index contributed by atoms with van der Waals surface area (Å²) in [6, 6.07) is 7.97. The lowest BCUT2D eigenvalue weighted by Gasteiger charge is -2.31. The van der Waals surface area contributed by atoms with Gasteiger partial charge in [-0.1, -0.05) is 18.2 Å². The number of ether oxygens (including phenoxy) is 2. The van der Waals surface area contributed by atoms with Gasteiger partial charge in [-0.05, 0) is 18.9 Å². The van der Waals surface area contributed by atoms with Crippen molar-refractivity contribution in [1.82, 2.24) is 4.90 Å². The molecule has 4 heteroatoms. The number of methoxy groups -OCH3 is 1. The van der Waals surface area contributed by atoms with Crippen LogP contribution in [0, 0.1) is 0 Å². The van der Waals surface area contributed by atoms with E-state index in [0.717, 1.165) is 43.8 Å². The van der Waals surface area contributed by atoms with Crippen LogP contribution in [0.1, 0.15) is 18.4 Å². The van der Waals surface area contributed by atoms with E-state index < -0.39 is 0 Å². The maximum absolute atomic E-state index is 5.83. The quantitative estimate of drug-likeness (QED) is 0.848. The van der Waals surface area contributed by atoms with Crippen LogP contribution in [0.15, 0.2) is 24.3 Å². The van der Waals surface area contributed by atoms with E-state index in [-0.39, 0.29) is 0 Å². The highest BCUT2D eigenvalue weighted by molar-refractivity contribution is 5.32. The highest BCUT2D eigenvalue weighted by atomic mass is 16.5. The number of hydrogen-bond acceptors (Lipinski definition) is 4. The SMILES string of the molecule is COC1CCN(CCOc2ccccc2CN)CC1. The van der Waals surface area contributed by atoms with Gasteiger partial charge in [0.2, 0.25) is 0 Å². The van der Waals surface area contributed by atoms with Crippen molar-refractivity contribution in [2.45, 2.75) is 25.5 Å². The van der Waals surface area contributed by atoms with E-state index in [2.05, 4.69) is 4.90 Å². The van der Waals surface area contributed by atoms with Crippen LogP contribution in [0.5, 0.6) is 5.75 Å². The molecule has 0 amide bonds. The molecule has 1 heterocycles. The summed E-state index contributed by atoms with van der Waals surface area (Å²) in [5.74, 6) is 0.914. The van der Waals surface area contributed by atoms with E-state index in [0.29, 0.717) is 19.3 Å². The highest BCUT2D eigenvalue weighted by Gasteiger charge is 2.18. The Bertz CT molecular complexity index is 376. The number of para-hydroxylation sites is 1. The highest BCUT2D eigenvalue weighted by Crippen LogP contribution is 2.17. The molecule has 0 saturated carbocycles. The molecule has 1 aromatic rings. The van der Waals surface area contributed by atoms with Gasteiger partial charge < -0.3 is 15.2 Å². The van der Waals surface area contributed by atoms with E-state index in [1.165, 1.54) is 0 Å². The lowest BCUT2D eigenvalue weighted by Crippen LogP contribution is -2.38. The molecule has 1 aromatic carbocycles. The van der Waals surface area contributed by atoms with Crippen LogP contribution in [-0.4, -0.2) is 44.4 Å². The Morgan fingerprint density at radius 1 is 1.26 bits per heavy atom. The van der Waals surface area contributed by atoms with Crippen LogP contribution in [0.4, 0.5) is 0 Å². The molecular weight excluding hydrogens is 240 g/mol. The second-order valence-electron chi connectivity index (χ2n) is 4.94. The second-order valence-corrected chi connectivity index (χ2v) is 4.94. The van der Waals surface area contributed by atoms with Gasteiger partial charge in [0.1, 0.15) is 12.4 Å². The minimum atomic E-state index is 0.440. The number of piperidine rings is 1. The fourth-order valence-corrected chi connectivity index (χ4v) is 2.47. The first-order chi connectivity index (χ1) is 9.33. The molecule has 1 aliphatic heterocycles. The van der Waals surface area contributed by atoms with Gasteiger partial charge in [0.05, 0.1) is 6.10 Å². The van der Waals surface area contributed by atoms with Gasteiger partial charge in [-0.3, -0.25) is 4.90 Å². The summed E-state index contributed by atoms with van der Waals surface area (Å²) >= 11 is 0. The lowest BCUT2D eigenvalue weighted by atomic mass is 10.1. The monoisotopic (exact) mass is 264 g/mol. The summed E-state index contributed by atoms with van der Waals surface area (Å²) in [5.41, 5.74) is 6.76. The predicted molar refractivity (Wildman–Crippen MR) is 76.3 cm³/mol. The van der Waals surface area contributed by atoms with Crippen LogP contribution >= 0.6 is 0 Å². The third kappa shape index (κ3) is 4.20. The molecule has 0 unspecified atom stereocenters. The Balaban J connectivity index is 1.72. The van der Waals surface area contributed by atoms with Gasteiger partial charge >= 0.3 is 0 Å². The van der Waals surface area contributed by atoms with Gasteiger partial charge in [0.15, 0.2) is 0 Å². The van der Waals surface area contributed by atoms with Crippen LogP contribution in [0.25, 0.3) is 0 Å². The van der Waals surface area contributed by atoms with Crippen molar-refractivity contribution in [2.24, 2.45) is 5.73 Å². The van der Waals surface area contributed by atoms with Crippen molar-refractivity contribution in [2.75, 3.05) is 33.4 Å². The Morgan fingerprint density at radius 2 is 2.00 bits per heavy atom. The molecule has 1 saturated heterocycles. The van der Waals surface area contributed by atoms with Crippen molar-refractivity contribution in [1.29, 1.82) is 0 Å². The van der Waals surface area contributed by atoms with E-state index in [1.54, 1.807) is 7.11 Å². The Hall–Kier alpha value is -1.10. The Labute approximate surface area is 115 Å². The zero-order chi connectivity index (χ0) is 13.5. The molecule has 106 valence electrons. The first-order valence-electron chi connectivity index (χ1n) is 6.99. The number of hydrogen-bond donors (Lipinski definition) is 1. The number of benzene rings is 1. The molecular formula is C15H24N2O2. The number of nitrogens with zero attached hydrogens (tertiary/aromatic N) is 1. The topological polar surface area (TPSA) is 47.7 Å². The van der Waals surface area contributed by atoms with Crippen molar-refractivity contribution in [3.63, 3.8) is 0 Å². The lowest BCUT2D eigenvalue weighted by molar-refractivity contribution is 0.0374. The first-order valence-corrected chi connectivity index (χ1v) is 6.99. The molecule has 0 aliphatic carbocycles. The molecule has 0 aromatic heterocycles. The third-order valence-electron chi connectivity index (χ3n) is 3.73. The summed E-state index contributed by atoms with van der Waals surface area (Å²) in [7, 11) is 1.80. The summed E-state index contributed by atoms with van der Waals surface area (Å²) in [4.78, 5) is 2.43. The summed E-state index contributed by atoms with van der Waals surface area (Å²) in [5, 5.41) is 0. The molecule has 0 radical (unpaired) electrons. The second kappa shape index (κ2) is 7.48.